The molecule has 132 valence electrons. The van der Waals surface area contributed by atoms with E-state index in [0.717, 1.165) is 22.7 Å². The predicted molar refractivity (Wildman–Crippen MR) is 97.7 cm³/mol. The number of aromatic nitrogens is 3. The summed E-state index contributed by atoms with van der Waals surface area (Å²) in [6, 6.07) is 17.7. The number of carbonyl (C=O) groups is 1. The molecule has 1 amide bonds. The van der Waals surface area contributed by atoms with Crippen LogP contribution in [0, 0.1) is 5.92 Å². The third-order valence-corrected chi connectivity index (χ3v) is 4.47. The van der Waals surface area contributed by atoms with Crippen molar-refractivity contribution in [2.24, 2.45) is 5.92 Å². The summed E-state index contributed by atoms with van der Waals surface area (Å²) in [7, 11) is 0. The minimum Gasteiger partial charge on any atom is -0.492 e. The van der Waals surface area contributed by atoms with Crippen LogP contribution in [0.5, 0.6) is 5.75 Å². The maximum Gasteiger partial charge on any atom is 0.226 e. The number of aromatic amines is 1. The molecule has 26 heavy (non-hydrogen) atoms. The van der Waals surface area contributed by atoms with Crippen LogP contribution in [0.2, 0.25) is 0 Å². The zero-order chi connectivity index (χ0) is 17.8. The van der Waals surface area contributed by atoms with Gasteiger partial charge in [-0.3, -0.25) is 9.89 Å². The zero-order valence-electron chi connectivity index (χ0n) is 14.3. The summed E-state index contributed by atoms with van der Waals surface area (Å²) in [6.45, 7) is 0.934. The summed E-state index contributed by atoms with van der Waals surface area (Å²) in [5, 5.41) is 10.1. The molecule has 0 fully saturated rings. The Morgan fingerprint density at radius 2 is 1.96 bits per heavy atom. The Bertz CT molecular complexity index is 892. The van der Waals surface area contributed by atoms with Gasteiger partial charge in [0, 0.05) is 18.5 Å². The molecule has 2 heterocycles. The second kappa shape index (κ2) is 7.39. The van der Waals surface area contributed by atoms with E-state index < -0.39 is 0 Å². The minimum absolute atomic E-state index is 0.0160. The van der Waals surface area contributed by atoms with Crippen LogP contribution in [0.4, 0.5) is 0 Å². The molecule has 2 aromatic carbocycles. The normalized spacial score (nSPS) is 15.8. The second-order valence-electron chi connectivity index (χ2n) is 6.33. The molecule has 1 aliphatic heterocycles. The summed E-state index contributed by atoms with van der Waals surface area (Å²) in [4.78, 5) is 16.9. The highest BCUT2D eigenvalue weighted by Gasteiger charge is 2.25. The lowest BCUT2D eigenvalue weighted by molar-refractivity contribution is -0.126. The van der Waals surface area contributed by atoms with Crippen LogP contribution in [0.15, 0.2) is 54.6 Å². The number of rotatable bonds is 5. The number of hydrogen-bond acceptors (Lipinski definition) is 4. The van der Waals surface area contributed by atoms with Gasteiger partial charge in [-0.05, 0) is 18.1 Å². The molecule has 1 aliphatic rings. The molecule has 3 aromatic rings. The van der Waals surface area contributed by atoms with Gasteiger partial charge in [0.25, 0.3) is 0 Å². The Morgan fingerprint density at radius 1 is 1.15 bits per heavy atom. The number of benzene rings is 2. The first-order valence-electron chi connectivity index (χ1n) is 8.75. The molecule has 2 N–H and O–H groups in total. The SMILES string of the molecule is O=C(NCCc1nc(-c2ccccc2)n[nH]1)C1COc2ccccc2C1. The molecular weight excluding hydrogens is 328 g/mol. The van der Waals surface area contributed by atoms with Crippen LogP contribution >= 0.6 is 0 Å². The van der Waals surface area contributed by atoms with Crippen molar-refractivity contribution in [1.29, 1.82) is 0 Å². The van der Waals surface area contributed by atoms with Crippen LogP contribution in [0.25, 0.3) is 11.4 Å². The molecule has 6 heteroatoms. The molecular formula is C20H20N4O2. The van der Waals surface area contributed by atoms with Crippen molar-refractivity contribution in [2.45, 2.75) is 12.8 Å². The lowest BCUT2D eigenvalue weighted by Crippen LogP contribution is -2.38. The largest absolute Gasteiger partial charge is 0.492 e. The van der Waals surface area contributed by atoms with Gasteiger partial charge in [-0.1, -0.05) is 48.5 Å². The average molecular weight is 348 g/mol. The quantitative estimate of drug-likeness (QED) is 0.742. The van der Waals surface area contributed by atoms with Crippen molar-refractivity contribution >= 4 is 5.91 Å². The van der Waals surface area contributed by atoms with Crippen molar-refractivity contribution in [3.8, 4) is 17.1 Å². The first-order valence-corrected chi connectivity index (χ1v) is 8.75. The van der Waals surface area contributed by atoms with E-state index in [1.165, 1.54) is 0 Å². The van der Waals surface area contributed by atoms with Crippen molar-refractivity contribution in [1.82, 2.24) is 20.5 Å². The van der Waals surface area contributed by atoms with E-state index in [9.17, 15) is 4.79 Å². The van der Waals surface area contributed by atoms with Gasteiger partial charge in [0.1, 0.15) is 18.2 Å². The Morgan fingerprint density at radius 3 is 2.85 bits per heavy atom. The van der Waals surface area contributed by atoms with E-state index in [1.54, 1.807) is 0 Å². The number of para-hydroxylation sites is 1. The standard InChI is InChI=1S/C20H20N4O2/c25-20(16-12-15-8-4-5-9-17(15)26-13-16)21-11-10-18-22-19(24-23-18)14-6-2-1-3-7-14/h1-9,16H,10-13H2,(H,21,25)(H,22,23,24). The lowest BCUT2D eigenvalue weighted by atomic mass is 9.96. The fraction of sp³-hybridized carbons (Fsp3) is 0.250. The van der Waals surface area contributed by atoms with Gasteiger partial charge in [-0.25, -0.2) is 4.98 Å². The van der Waals surface area contributed by atoms with Crippen LogP contribution < -0.4 is 10.1 Å². The summed E-state index contributed by atoms with van der Waals surface area (Å²) in [5.41, 5.74) is 2.05. The first-order chi connectivity index (χ1) is 12.8. The number of ether oxygens (including phenoxy) is 1. The summed E-state index contributed by atoms with van der Waals surface area (Å²) in [5.74, 6) is 2.17. The molecule has 0 aliphatic carbocycles. The Kier molecular flexibility index (Phi) is 4.64. The monoisotopic (exact) mass is 348 g/mol. The number of nitrogens with one attached hydrogen (secondary N) is 2. The number of H-pyrrole nitrogens is 1. The maximum atomic E-state index is 12.4. The molecule has 0 radical (unpaired) electrons. The van der Waals surface area contributed by atoms with E-state index >= 15 is 0 Å². The molecule has 1 atom stereocenters. The third kappa shape index (κ3) is 3.59. The molecule has 0 bridgehead atoms. The van der Waals surface area contributed by atoms with E-state index in [4.69, 9.17) is 4.74 Å². The highest BCUT2D eigenvalue weighted by Crippen LogP contribution is 2.26. The van der Waals surface area contributed by atoms with Gasteiger partial charge in [0.05, 0.1) is 5.92 Å². The van der Waals surface area contributed by atoms with Gasteiger partial charge in [0.2, 0.25) is 5.91 Å². The first kappa shape index (κ1) is 16.3. The van der Waals surface area contributed by atoms with Crippen LogP contribution in [-0.4, -0.2) is 34.2 Å². The van der Waals surface area contributed by atoms with E-state index in [2.05, 4.69) is 20.5 Å². The highest BCUT2D eigenvalue weighted by molar-refractivity contribution is 5.79. The maximum absolute atomic E-state index is 12.4. The number of amides is 1. The molecule has 1 unspecified atom stereocenters. The van der Waals surface area contributed by atoms with Crippen molar-refractivity contribution < 1.29 is 9.53 Å². The average Bonchev–Trinajstić information content (AvgIpc) is 3.17. The van der Waals surface area contributed by atoms with E-state index in [1.807, 2.05) is 54.6 Å². The lowest BCUT2D eigenvalue weighted by Gasteiger charge is -2.24. The van der Waals surface area contributed by atoms with Crippen molar-refractivity contribution in [3.63, 3.8) is 0 Å². The molecule has 1 aromatic heterocycles. The van der Waals surface area contributed by atoms with E-state index in [0.29, 0.717) is 31.8 Å². The minimum atomic E-state index is -0.153. The fourth-order valence-electron chi connectivity index (χ4n) is 3.07. The summed E-state index contributed by atoms with van der Waals surface area (Å²) < 4.78 is 5.68. The topological polar surface area (TPSA) is 79.9 Å². The zero-order valence-corrected chi connectivity index (χ0v) is 14.3. The molecule has 0 saturated heterocycles. The van der Waals surface area contributed by atoms with Gasteiger partial charge in [0.15, 0.2) is 5.82 Å². The van der Waals surface area contributed by atoms with Crippen LogP contribution in [0.3, 0.4) is 0 Å². The smallest absolute Gasteiger partial charge is 0.226 e. The van der Waals surface area contributed by atoms with Gasteiger partial charge < -0.3 is 10.1 Å². The van der Waals surface area contributed by atoms with Crippen LogP contribution in [0.1, 0.15) is 11.4 Å². The molecule has 0 spiro atoms. The van der Waals surface area contributed by atoms with E-state index in [-0.39, 0.29) is 11.8 Å². The Labute approximate surface area is 151 Å². The molecule has 6 nitrogen and oxygen atoms in total. The highest BCUT2D eigenvalue weighted by atomic mass is 16.5. The van der Waals surface area contributed by atoms with Gasteiger partial charge in [-0.15, -0.1) is 0 Å². The van der Waals surface area contributed by atoms with Gasteiger partial charge in [-0.2, -0.15) is 5.10 Å². The Balaban J connectivity index is 1.29. The molecule has 0 saturated carbocycles. The molecule has 4 rings (SSSR count). The number of fused-ring (bicyclic) bond motifs is 1. The number of carbonyl (C=O) groups excluding carboxylic acids is 1. The second-order valence-corrected chi connectivity index (χ2v) is 6.33. The number of hydrogen-bond donors (Lipinski definition) is 2. The fourth-order valence-corrected chi connectivity index (χ4v) is 3.07. The van der Waals surface area contributed by atoms with Crippen molar-refractivity contribution in [2.75, 3.05) is 13.2 Å². The van der Waals surface area contributed by atoms with Crippen LogP contribution in [-0.2, 0) is 17.6 Å². The van der Waals surface area contributed by atoms with Crippen molar-refractivity contribution in [3.05, 3.63) is 66.0 Å². The third-order valence-electron chi connectivity index (χ3n) is 4.47. The predicted octanol–water partition coefficient (Wildman–Crippen LogP) is 2.38. The van der Waals surface area contributed by atoms with Gasteiger partial charge >= 0.3 is 0 Å². The Hall–Kier alpha value is -3.15. The summed E-state index contributed by atoms with van der Waals surface area (Å²) in [6.07, 6.45) is 1.32. The summed E-state index contributed by atoms with van der Waals surface area (Å²) >= 11 is 0. The number of nitrogens with zero attached hydrogens (tertiary/aromatic N) is 2.